The van der Waals surface area contributed by atoms with Crippen molar-refractivity contribution in [1.82, 2.24) is 40.8 Å². The predicted octanol–water partition coefficient (Wildman–Crippen LogP) is -0.321. The standard InChI is InChI=1S/C8H14N8/c1-16-8(11-14-15-16)6-4-2-3-5-7-9-12-13-10-7/h2-6H2,1H3,(H,9,10,12,13). The molecule has 0 aliphatic heterocycles. The Kier molecular flexibility index (Phi) is 3.52. The summed E-state index contributed by atoms with van der Waals surface area (Å²) in [4.78, 5) is 0. The molecule has 0 bridgehead atoms. The van der Waals surface area contributed by atoms with Gasteiger partial charge in [-0.3, -0.25) is 0 Å². The van der Waals surface area contributed by atoms with Gasteiger partial charge >= 0.3 is 0 Å². The Morgan fingerprint density at radius 3 is 2.69 bits per heavy atom. The summed E-state index contributed by atoms with van der Waals surface area (Å²) < 4.78 is 1.71. The molecule has 16 heavy (non-hydrogen) atoms. The molecule has 0 aliphatic rings. The number of aryl methyl sites for hydroxylation is 3. The zero-order valence-electron chi connectivity index (χ0n) is 9.17. The van der Waals surface area contributed by atoms with Crippen LogP contribution in [0, 0.1) is 0 Å². The lowest BCUT2D eigenvalue weighted by Crippen LogP contribution is -1.99. The smallest absolute Gasteiger partial charge is 0.174 e. The topological polar surface area (TPSA) is 98.1 Å². The van der Waals surface area contributed by atoms with Crippen molar-refractivity contribution in [2.45, 2.75) is 32.1 Å². The van der Waals surface area contributed by atoms with Crippen LogP contribution in [0.3, 0.4) is 0 Å². The second-order valence-electron chi connectivity index (χ2n) is 3.61. The molecule has 0 fully saturated rings. The minimum atomic E-state index is 0.778. The van der Waals surface area contributed by atoms with Crippen LogP contribution in [0.1, 0.15) is 30.9 Å². The fourth-order valence-electron chi connectivity index (χ4n) is 1.49. The first-order valence-corrected chi connectivity index (χ1v) is 5.30. The van der Waals surface area contributed by atoms with Gasteiger partial charge < -0.3 is 0 Å². The normalized spacial score (nSPS) is 10.8. The van der Waals surface area contributed by atoms with Gasteiger partial charge in [0.1, 0.15) is 0 Å². The van der Waals surface area contributed by atoms with E-state index in [9.17, 15) is 0 Å². The summed E-state index contributed by atoms with van der Waals surface area (Å²) in [5, 5.41) is 25.0. The van der Waals surface area contributed by atoms with Gasteiger partial charge in [0, 0.05) is 19.9 Å². The average Bonchev–Trinajstić information content (AvgIpc) is 2.90. The molecule has 2 aromatic rings. The number of nitrogens with zero attached hydrogens (tertiary/aromatic N) is 7. The quantitative estimate of drug-likeness (QED) is 0.672. The van der Waals surface area contributed by atoms with Crippen molar-refractivity contribution in [3.8, 4) is 0 Å². The van der Waals surface area contributed by atoms with E-state index in [0.29, 0.717) is 0 Å². The van der Waals surface area contributed by atoms with Crippen LogP contribution in [-0.4, -0.2) is 40.8 Å². The van der Waals surface area contributed by atoms with Crippen LogP contribution >= 0.6 is 0 Å². The second-order valence-corrected chi connectivity index (χ2v) is 3.61. The third-order valence-electron chi connectivity index (χ3n) is 2.40. The minimum absolute atomic E-state index is 0.778. The van der Waals surface area contributed by atoms with E-state index in [2.05, 4.69) is 36.1 Å². The maximum Gasteiger partial charge on any atom is 0.174 e. The summed E-state index contributed by atoms with van der Waals surface area (Å²) in [5.74, 6) is 1.71. The number of H-pyrrole nitrogens is 1. The van der Waals surface area contributed by atoms with Gasteiger partial charge in [-0.05, 0) is 23.3 Å². The molecule has 1 N–H and O–H groups in total. The van der Waals surface area contributed by atoms with Crippen LogP contribution in [0.25, 0.3) is 0 Å². The molecule has 0 radical (unpaired) electrons. The van der Waals surface area contributed by atoms with Gasteiger partial charge in [-0.2, -0.15) is 5.21 Å². The third-order valence-corrected chi connectivity index (χ3v) is 2.40. The Balaban J connectivity index is 1.61. The lowest BCUT2D eigenvalue weighted by molar-refractivity contribution is 0.618. The highest BCUT2D eigenvalue weighted by Crippen LogP contribution is 2.04. The summed E-state index contributed by atoms with van der Waals surface area (Å²) in [5.41, 5.74) is 0. The lowest BCUT2D eigenvalue weighted by atomic mass is 10.1. The molecule has 2 rings (SSSR count). The largest absolute Gasteiger partial charge is 0.233 e. The van der Waals surface area contributed by atoms with E-state index in [4.69, 9.17) is 0 Å². The average molecular weight is 222 g/mol. The molecule has 8 nitrogen and oxygen atoms in total. The van der Waals surface area contributed by atoms with E-state index < -0.39 is 0 Å². The van der Waals surface area contributed by atoms with Crippen molar-refractivity contribution < 1.29 is 0 Å². The zero-order valence-corrected chi connectivity index (χ0v) is 9.17. The van der Waals surface area contributed by atoms with Crippen molar-refractivity contribution in [2.24, 2.45) is 7.05 Å². The van der Waals surface area contributed by atoms with Gasteiger partial charge in [0.15, 0.2) is 11.6 Å². The molecule has 0 saturated heterocycles. The second kappa shape index (κ2) is 5.29. The molecule has 0 saturated carbocycles. The van der Waals surface area contributed by atoms with Gasteiger partial charge in [-0.15, -0.1) is 15.3 Å². The van der Waals surface area contributed by atoms with E-state index in [0.717, 1.165) is 43.8 Å². The van der Waals surface area contributed by atoms with Gasteiger partial charge in [0.2, 0.25) is 0 Å². The van der Waals surface area contributed by atoms with E-state index in [1.165, 1.54) is 0 Å². The highest BCUT2D eigenvalue weighted by Gasteiger charge is 2.02. The highest BCUT2D eigenvalue weighted by molar-refractivity contribution is 4.80. The fourth-order valence-corrected chi connectivity index (χ4v) is 1.49. The van der Waals surface area contributed by atoms with Crippen molar-refractivity contribution in [2.75, 3.05) is 0 Å². The van der Waals surface area contributed by atoms with E-state index in [-0.39, 0.29) is 0 Å². The maximum absolute atomic E-state index is 3.93. The number of tetrazole rings is 2. The Hall–Kier alpha value is -1.86. The Morgan fingerprint density at radius 2 is 2.00 bits per heavy atom. The number of nitrogens with one attached hydrogen (secondary N) is 1. The Labute approximate surface area is 92.4 Å². The van der Waals surface area contributed by atoms with Crippen LogP contribution < -0.4 is 0 Å². The molecule has 86 valence electrons. The zero-order chi connectivity index (χ0) is 11.2. The van der Waals surface area contributed by atoms with Crippen molar-refractivity contribution in [3.63, 3.8) is 0 Å². The first kappa shape index (κ1) is 10.7. The molecule has 0 unspecified atom stereocenters. The number of aromatic amines is 1. The van der Waals surface area contributed by atoms with Gasteiger partial charge in [0.25, 0.3) is 0 Å². The molecule has 0 atom stereocenters. The first-order chi connectivity index (χ1) is 7.86. The van der Waals surface area contributed by atoms with E-state index in [1.807, 2.05) is 7.05 Å². The predicted molar refractivity (Wildman–Crippen MR) is 54.2 cm³/mol. The number of hydrogen-bond acceptors (Lipinski definition) is 6. The van der Waals surface area contributed by atoms with Crippen LogP contribution in [-0.2, 0) is 19.9 Å². The molecule has 2 aromatic heterocycles. The Morgan fingerprint density at radius 1 is 1.12 bits per heavy atom. The molecular weight excluding hydrogens is 208 g/mol. The van der Waals surface area contributed by atoms with E-state index >= 15 is 0 Å². The summed E-state index contributed by atoms with van der Waals surface area (Å²) in [6, 6.07) is 0. The number of unbranched alkanes of at least 4 members (excludes halogenated alkanes) is 2. The summed E-state index contributed by atoms with van der Waals surface area (Å²) in [7, 11) is 1.86. The van der Waals surface area contributed by atoms with Gasteiger partial charge in [-0.1, -0.05) is 11.6 Å². The van der Waals surface area contributed by atoms with Crippen LogP contribution in [0.5, 0.6) is 0 Å². The highest BCUT2D eigenvalue weighted by atomic mass is 15.5. The molecular formula is C8H14N8. The number of aromatic nitrogens is 8. The maximum atomic E-state index is 3.93. The number of hydrogen-bond donors (Lipinski definition) is 1. The van der Waals surface area contributed by atoms with Crippen LogP contribution in [0.4, 0.5) is 0 Å². The van der Waals surface area contributed by atoms with Gasteiger partial charge in [0.05, 0.1) is 0 Å². The summed E-state index contributed by atoms with van der Waals surface area (Å²) in [6.07, 6.45) is 5.03. The van der Waals surface area contributed by atoms with Crippen LogP contribution in [0.2, 0.25) is 0 Å². The summed E-state index contributed by atoms with van der Waals surface area (Å²) >= 11 is 0. The molecule has 0 aromatic carbocycles. The molecule has 2 heterocycles. The van der Waals surface area contributed by atoms with Crippen molar-refractivity contribution >= 4 is 0 Å². The molecule has 0 spiro atoms. The van der Waals surface area contributed by atoms with Gasteiger partial charge in [-0.25, -0.2) is 4.68 Å². The lowest BCUT2D eigenvalue weighted by Gasteiger charge is -1.98. The third kappa shape index (κ3) is 2.81. The van der Waals surface area contributed by atoms with Crippen molar-refractivity contribution in [1.29, 1.82) is 0 Å². The Bertz CT molecular complexity index is 405. The van der Waals surface area contributed by atoms with Crippen molar-refractivity contribution in [3.05, 3.63) is 11.6 Å². The minimum Gasteiger partial charge on any atom is -0.233 e. The summed E-state index contributed by atoms with van der Waals surface area (Å²) in [6.45, 7) is 0. The number of rotatable bonds is 6. The van der Waals surface area contributed by atoms with Crippen LogP contribution in [0.15, 0.2) is 0 Å². The molecule has 0 amide bonds. The van der Waals surface area contributed by atoms with E-state index in [1.54, 1.807) is 4.68 Å². The molecule has 0 aliphatic carbocycles. The fraction of sp³-hybridized carbons (Fsp3) is 0.750. The SMILES string of the molecule is Cn1nnnc1CCCCCc1nn[nH]n1. The first-order valence-electron chi connectivity index (χ1n) is 5.30. The monoisotopic (exact) mass is 222 g/mol. The molecule has 8 heteroatoms.